The second-order valence-electron chi connectivity index (χ2n) is 5.24. The zero-order chi connectivity index (χ0) is 16.4. The van der Waals surface area contributed by atoms with Crippen molar-refractivity contribution in [3.8, 4) is 0 Å². The molecule has 2 aliphatic rings. The molecule has 0 bridgehead atoms. The smallest absolute Gasteiger partial charge is 0.277 e. The van der Waals surface area contributed by atoms with Crippen LogP contribution in [0.4, 0.5) is 5.69 Å². The molecule has 0 aliphatic carbocycles. The van der Waals surface area contributed by atoms with E-state index >= 15 is 0 Å². The van der Waals surface area contributed by atoms with Crippen LogP contribution in [0.2, 0.25) is 0 Å². The van der Waals surface area contributed by atoms with Crippen LogP contribution in [-0.2, 0) is 9.59 Å². The quantitative estimate of drug-likeness (QED) is 0.914. The normalized spacial score (nSPS) is 18.8. The SMILES string of the molecule is CCN=C1C(=O)N(CC)c2cc(C3=NNCC(=O)C=C3)ccc21. The first-order chi connectivity index (χ1) is 11.2. The van der Waals surface area contributed by atoms with Crippen LogP contribution in [0.15, 0.2) is 40.4 Å². The predicted octanol–water partition coefficient (Wildman–Crippen LogP) is 1.29. The number of fused-ring (bicyclic) bond motifs is 1. The molecule has 0 atom stereocenters. The van der Waals surface area contributed by atoms with Gasteiger partial charge in [0.05, 0.1) is 17.9 Å². The average Bonchev–Trinajstić information content (AvgIpc) is 2.69. The molecule has 1 aromatic carbocycles. The topological polar surface area (TPSA) is 74.1 Å². The molecule has 0 unspecified atom stereocenters. The van der Waals surface area contributed by atoms with E-state index in [-0.39, 0.29) is 18.2 Å². The summed E-state index contributed by atoms with van der Waals surface area (Å²) in [7, 11) is 0. The van der Waals surface area contributed by atoms with Gasteiger partial charge in [-0.15, -0.1) is 0 Å². The molecule has 0 fully saturated rings. The minimum Gasteiger partial charge on any atom is -0.307 e. The van der Waals surface area contributed by atoms with Gasteiger partial charge in [-0.2, -0.15) is 5.10 Å². The summed E-state index contributed by atoms with van der Waals surface area (Å²) in [6, 6.07) is 5.72. The van der Waals surface area contributed by atoms with Gasteiger partial charge in [-0.05, 0) is 38.1 Å². The van der Waals surface area contributed by atoms with Crippen molar-refractivity contribution in [3.63, 3.8) is 0 Å². The summed E-state index contributed by atoms with van der Waals surface area (Å²) in [5.41, 5.74) is 6.48. The van der Waals surface area contributed by atoms with Crippen molar-refractivity contribution in [2.75, 3.05) is 24.5 Å². The number of nitrogens with one attached hydrogen (secondary N) is 1. The van der Waals surface area contributed by atoms with Crippen LogP contribution < -0.4 is 10.3 Å². The third-order valence-corrected chi connectivity index (χ3v) is 3.80. The number of benzene rings is 1. The van der Waals surface area contributed by atoms with E-state index in [1.54, 1.807) is 11.0 Å². The first-order valence-electron chi connectivity index (χ1n) is 7.68. The number of hydrogen-bond acceptors (Lipinski definition) is 5. The molecule has 6 nitrogen and oxygen atoms in total. The number of anilines is 1. The van der Waals surface area contributed by atoms with Crippen LogP contribution in [0.5, 0.6) is 0 Å². The van der Waals surface area contributed by atoms with Crippen molar-refractivity contribution in [1.82, 2.24) is 5.43 Å². The molecular weight excluding hydrogens is 292 g/mol. The van der Waals surface area contributed by atoms with Crippen LogP contribution in [0.25, 0.3) is 0 Å². The van der Waals surface area contributed by atoms with E-state index in [2.05, 4.69) is 15.5 Å². The van der Waals surface area contributed by atoms with Gasteiger partial charge in [0.15, 0.2) is 5.78 Å². The molecule has 0 aromatic heterocycles. The Kier molecular flexibility index (Phi) is 4.06. The molecule has 1 amide bonds. The molecular formula is C17H18N4O2. The Morgan fingerprint density at radius 2 is 2.09 bits per heavy atom. The maximum atomic E-state index is 12.5. The van der Waals surface area contributed by atoms with Crippen molar-refractivity contribution in [3.05, 3.63) is 41.5 Å². The van der Waals surface area contributed by atoms with Gasteiger partial charge in [-0.3, -0.25) is 14.6 Å². The highest BCUT2D eigenvalue weighted by molar-refractivity contribution is 6.54. The molecule has 2 heterocycles. The number of hydrazone groups is 1. The number of likely N-dealkylation sites (N-methyl/N-ethyl adjacent to an activating group) is 1. The molecule has 118 valence electrons. The summed E-state index contributed by atoms with van der Waals surface area (Å²) in [5.74, 6) is -0.0826. The summed E-state index contributed by atoms with van der Waals surface area (Å²) >= 11 is 0. The van der Waals surface area contributed by atoms with E-state index < -0.39 is 0 Å². The van der Waals surface area contributed by atoms with Gasteiger partial charge in [0.2, 0.25) is 0 Å². The van der Waals surface area contributed by atoms with Crippen LogP contribution in [0, 0.1) is 0 Å². The zero-order valence-corrected chi connectivity index (χ0v) is 13.2. The molecule has 0 spiro atoms. The van der Waals surface area contributed by atoms with Crippen molar-refractivity contribution in [2.45, 2.75) is 13.8 Å². The second kappa shape index (κ2) is 6.16. The molecule has 1 aromatic rings. The summed E-state index contributed by atoms with van der Waals surface area (Å²) in [4.78, 5) is 29.9. The minimum atomic E-state index is -0.0619. The van der Waals surface area contributed by atoms with Crippen molar-refractivity contribution in [1.29, 1.82) is 0 Å². The highest BCUT2D eigenvalue weighted by Gasteiger charge is 2.32. The molecule has 1 N–H and O–H groups in total. The number of carbonyl (C=O) groups is 2. The standard InChI is InChI=1S/C17H18N4O2/c1-3-18-16-13-7-5-11(9-15(13)21(4-2)17(16)23)14-8-6-12(22)10-19-20-14/h5-9,19H,3-4,10H2,1-2H3. The summed E-state index contributed by atoms with van der Waals surface area (Å²) in [5, 5.41) is 4.22. The Balaban J connectivity index is 2.06. The van der Waals surface area contributed by atoms with Crippen LogP contribution in [-0.4, -0.2) is 42.7 Å². The molecule has 0 radical (unpaired) electrons. The number of allylic oxidation sites excluding steroid dienone is 1. The van der Waals surface area contributed by atoms with Gasteiger partial charge >= 0.3 is 0 Å². The third kappa shape index (κ3) is 2.67. The van der Waals surface area contributed by atoms with Gasteiger partial charge < -0.3 is 10.3 Å². The number of ketones is 1. The minimum absolute atomic E-state index is 0.0207. The summed E-state index contributed by atoms with van der Waals surface area (Å²) in [6.45, 7) is 5.19. The lowest BCUT2D eigenvalue weighted by Crippen LogP contribution is -2.29. The Labute approximate surface area is 134 Å². The summed E-state index contributed by atoms with van der Waals surface area (Å²) in [6.07, 6.45) is 3.21. The van der Waals surface area contributed by atoms with Crippen molar-refractivity contribution < 1.29 is 9.59 Å². The van der Waals surface area contributed by atoms with Gasteiger partial charge in [-0.25, -0.2) is 0 Å². The number of aliphatic imine (C=N–C) groups is 1. The van der Waals surface area contributed by atoms with Crippen LogP contribution >= 0.6 is 0 Å². The highest BCUT2D eigenvalue weighted by Crippen LogP contribution is 2.30. The molecule has 23 heavy (non-hydrogen) atoms. The number of nitrogens with zero attached hydrogens (tertiary/aromatic N) is 3. The van der Waals surface area contributed by atoms with Gasteiger partial charge in [0.1, 0.15) is 5.71 Å². The fraction of sp³-hybridized carbons (Fsp3) is 0.294. The predicted molar refractivity (Wildman–Crippen MR) is 90.2 cm³/mol. The number of amides is 1. The van der Waals surface area contributed by atoms with E-state index in [0.29, 0.717) is 24.5 Å². The van der Waals surface area contributed by atoms with Gasteiger partial charge in [-0.1, -0.05) is 6.07 Å². The van der Waals surface area contributed by atoms with E-state index in [9.17, 15) is 9.59 Å². The molecule has 2 aliphatic heterocycles. The number of rotatable bonds is 3. The lowest BCUT2D eigenvalue weighted by Gasteiger charge is -2.14. The lowest BCUT2D eigenvalue weighted by atomic mass is 10.0. The molecule has 0 saturated carbocycles. The first-order valence-corrected chi connectivity index (χ1v) is 7.68. The average molecular weight is 310 g/mol. The summed E-state index contributed by atoms with van der Waals surface area (Å²) < 4.78 is 0. The van der Waals surface area contributed by atoms with Gasteiger partial charge in [0.25, 0.3) is 5.91 Å². The molecule has 6 heteroatoms. The largest absolute Gasteiger partial charge is 0.307 e. The lowest BCUT2D eigenvalue weighted by molar-refractivity contribution is -0.114. The monoisotopic (exact) mass is 310 g/mol. The maximum Gasteiger partial charge on any atom is 0.277 e. The Bertz CT molecular complexity index is 762. The Hall–Kier alpha value is -2.76. The van der Waals surface area contributed by atoms with Crippen LogP contribution in [0.3, 0.4) is 0 Å². The van der Waals surface area contributed by atoms with E-state index in [0.717, 1.165) is 16.8 Å². The first kappa shape index (κ1) is 15.1. The maximum absolute atomic E-state index is 12.5. The second-order valence-corrected chi connectivity index (χ2v) is 5.24. The van der Waals surface area contributed by atoms with E-state index in [1.165, 1.54) is 6.08 Å². The Morgan fingerprint density at radius 3 is 2.83 bits per heavy atom. The third-order valence-electron chi connectivity index (χ3n) is 3.80. The number of carbonyl (C=O) groups excluding carboxylic acids is 2. The fourth-order valence-electron chi connectivity index (χ4n) is 2.72. The highest BCUT2D eigenvalue weighted by atomic mass is 16.2. The van der Waals surface area contributed by atoms with Gasteiger partial charge in [0, 0.05) is 24.2 Å². The van der Waals surface area contributed by atoms with Crippen molar-refractivity contribution >= 4 is 28.8 Å². The van der Waals surface area contributed by atoms with Crippen LogP contribution in [0.1, 0.15) is 25.0 Å². The van der Waals surface area contributed by atoms with Crippen molar-refractivity contribution in [2.24, 2.45) is 10.1 Å². The molecule has 0 saturated heterocycles. The zero-order valence-electron chi connectivity index (χ0n) is 13.2. The van der Waals surface area contributed by atoms with E-state index in [4.69, 9.17) is 0 Å². The Morgan fingerprint density at radius 1 is 1.26 bits per heavy atom. The fourth-order valence-corrected chi connectivity index (χ4v) is 2.72. The molecule has 3 rings (SSSR count). The van der Waals surface area contributed by atoms with E-state index in [1.807, 2.05) is 32.0 Å². The number of hydrogen-bond donors (Lipinski definition) is 1.